The molecule has 18 heavy (non-hydrogen) atoms. The molecule has 0 aromatic carbocycles. The van der Waals surface area contributed by atoms with Crippen LogP contribution in [0.2, 0.25) is 0 Å². The number of ether oxygens (including phenoxy) is 1. The van der Waals surface area contributed by atoms with E-state index in [9.17, 15) is 0 Å². The molecule has 3 rings (SSSR count). The fourth-order valence-electron chi connectivity index (χ4n) is 1.92. The Morgan fingerprint density at radius 3 is 2.33 bits per heavy atom. The maximum Gasteiger partial charge on any atom is 0.518 e. The number of nitrogens with zero attached hydrogens (tertiary/aromatic N) is 3. The van der Waals surface area contributed by atoms with Gasteiger partial charge in [-0.1, -0.05) is 5.21 Å². The molecular weight excluding hydrogens is 233 g/mol. The first-order valence-corrected chi connectivity index (χ1v) is 6.24. The minimum absolute atomic E-state index is 0.300. The Bertz CT molecular complexity index is 440. The third kappa shape index (κ3) is 1.77. The van der Waals surface area contributed by atoms with Gasteiger partial charge < -0.3 is 14.0 Å². The molecular formula is C11H18BN3O3. The second kappa shape index (κ2) is 3.79. The largest absolute Gasteiger partial charge is 0.518 e. The summed E-state index contributed by atoms with van der Waals surface area (Å²) in [6, 6.07) is 0.300. The standard InChI is InChI=1S/C11H18BN3O3/c1-10(2)11(3,4)18-12(17-10)9-5-15(14-13-9)8-6-16-7-8/h5,8H,6-7H2,1-4H3. The summed E-state index contributed by atoms with van der Waals surface area (Å²) in [5.41, 5.74) is 0.0303. The molecule has 2 aliphatic rings. The molecule has 1 aromatic heterocycles. The summed E-state index contributed by atoms with van der Waals surface area (Å²) < 4.78 is 18.8. The Morgan fingerprint density at radius 1 is 1.22 bits per heavy atom. The van der Waals surface area contributed by atoms with Crippen molar-refractivity contribution in [1.82, 2.24) is 15.0 Å². The zero-order valence-electron chi connectivity index (χ0n) is 11.2. The highest BCUT2D eigenvalue weighted by molar-refractivity contribution is 6.61. The van der Waals surface area contributed by atoms with Crippen molar-refractivity contribution in [3.63, 3.8) is 0 Å². The summed E-state index contributed by atoms with van der Waals surface area (Å²) in [5.74, 6) is 0. The maximum absolute atomic E-state index is 5.93. The van der Waals surface area contributed by atoms with E-state index in [1.54, 1.807) is 0 Å². The molecule has 0 saturated carbocycles. The molecule has 2 aliphatic heterocycles. The molecule has 7 heteroatoms. The van der Waals surface area contributed by atoms with Gasteiger partial charge in [-0.3, -0.25) is 0 Å². The van der Waals surface area contributed by atoms with Crippen LogP contribution in [0.5, 0.6) is 0 Å². The average Bonchev–Trinajstić information content (AvgIpc) is 2.68. The monoisotopic (exact) mass is 251 g/mol. The Hall–Kier alpha value is -0.915. The average molecular weight is 251 g/mol. The lowest BCUT2D eigenvalue weighted by Crippen LogP contribution is -2.41. The first-order chi connectivity index (χ1) is 8.39. The first-order valence-electron chi connectivity index (χ1n) is 6.24. The second-order valence-electron chi connectivity index (χ2n) is 5.90. The number of hydrogen-bond acceptors (Lipinski definition) is 5. The van der Waals surface area contributed by atoms with Crippen molar-refractivity contribution < 1.29 is 14.0 Å². The minimum atomic E-state index is -0.440. The smallest absolute Gasteiger partial charge is 0.398 e. The SMILES string of the molecule is CC1(C)OB(c2cn(C3COC3)nn2)OC1(C)C. The van der Waals surface area contributed by atoms with E-state index >= 15 is 0 Å². The van der Waals surface area contributed by atoms with Crippen LogP contribution in [0.1, 0.15) is 33.7 Å². The summed E-state index contributed by atoms with van der Waals surface area (Å²) in [5, 5.41) is 8.24. The number of rotatable bonds is 2. The van der Waals surface area contributed by atoms with E-state index in [2.05, 4.69) is 10.3 Å². The Balaban J connectivity index is 1.78. The van der Waals surface area contributed by atoms with Crippen LogP contribution in [0.15, 0.2) is 6.20 Å². The highest BCUT2D eigenvalue weighted by Crippen LogP contribution is 2.36. The maximum atomic E-state index is 5.93. The van der Waals surface area contributed by atoms with Crippen molar-refractivity contribution >= 4 is 12.7 Å². The van der Waals surface area contributed by atoms with Gasteiger partial charge in [0.15, 0.2) is 0 Å². The van der Waals surface area contributed by atoms with Gasteiger partial charge in [0.05, 0.1) is 24.4 Å². The van der Waals surface area contributed by atoms with Crippen molar-refractivity contribution in [2.45, 2.75) is 44.9 Å². The fraction of sp³-hybridized carbons (Fsp3) is 0.818. The molecule has 0 N–H and O–H groups in total. The van der Waals surface area contributed by atoms with Crippen LogP contribution in [0, 0.1) is 0 Å². The van der Waals surface area contributed by atoms with Gasteiger partial charge >= 0.3 is 7.12 Å². The lowest BCUT2D eigenvalue weighted by atomic mass is 9.86. The van der Waals surface area contributed by atoms with E-state index in [4.69, 9.17) is 14.0 Å². The zero-order valence-corrected chi connectivity index (χ0v) is 11.2. The van der Waals surface area contributed by atoms with E-state index in [0.717, 1.165) is 5.59 Å². The molecule has 6 nitrogen and oxygen atoms in total. The molecule has 0 atom stereocenters. The molecule has 3 heterocycles. The zero-order chi connectivity index (χ0) is 13.0. The van der Waals surface area contributed by atoms with Crippen molar-refractivity contribution in [2.75, 3.05) is 13.2 Å². The third-order valence-corrected chi connectivity index (χ3v) is 4.02. The summed E-state index contributed by atoms with van der Waals surface area (Å²) in [7, 11) is -0.440. The summed E-state index contributed by atoms with van der Waals surface area (Å²) >= 11 is 0. The second-order valence-corrected chi connectivity index (χ2v) is 5.90. The summed E-state index contributed by atoms with van der Waals surface area (Å²) in [6.07, 6.45) is 1.88. The van der Waals surface area contributed by atoms with E-state index in [1.807, 2.05) is 38.6 Å². The van der Waals surface area contributed by atoms with Crippen LogP contribution in [0.25, 0.3) is 0 Å². The van der Waals surface area contributed by atoms with Gasteiger partial charge in [-0.05, 0) is 27.7 Å². The van der Waals surface area contributed by atoms with Gasteiger partial charge in [0, 0.05) is 6.20 Å². The predicted octanol–water partition coefficient (Wildman–Crippen LogP) is 0.149. The number of aromatic nitrogens is 3. The van der Waals surface area contributed by atoms with Crippen LogP contribution in [-0.4, -0.2) is 46.5 Å². The lowest BCUT2D eigenvalue weighted by molar-refractivity contribution is -0.0293. The molecule has 0 aliphatic carbocycles. The molecule has 0 bridgehead atoms. The van der Waals surface area contributed by atoms with Crippen LogP contribution in [-0.2, 0) is 14.0 Å². The van der Waals surface area contributed by atoms with Crippen LogP contribution >= 0.6 is 0 Å². The minimum Gasteiger partial charge on any atom is -0.398 e. The van der Waals surface area contributed by atoms with Gasteiger partial charge in [-0.25, -0.2) is 4.68 Å². The van der Waals surface area contributed by atoms with E-state index < -0.39 is 7.12 Å². The molecule has 2 saturated heterocycles. The lowest BCUT2D eigenvalue weighted by Gasteiger charge is -2.32. The third-order valence-electron chi connectivity index (χ3n) is 4.02. The number of hydrogen-bond donors (Lipinski definition) is 0. The van der Waals surface area contributed by atoms with Crippen molar-refractivity contribution in [2.24, 2.45) is 0 Å². The quantitative estimate of drug-likeness (QED) is 0.700. The summed E-state index contributed by atoms with van der Waals surface area (Å²) in [6.45, 7) is 9.50. The molecule has 0 radical (unpaired) electrons. The van der Waals surface area contributed by atoms with Gasteiger partial charge in [-0.2, -0.15) is 0 Å². The first kappa shape index (κ1) is 12.1. The molecule has 2 fully saturated rings. The van der Waals surface area contributed by atoms with Crippen molar-refractivity contribution in [3.8, 4) is 0 Å². The summed E-state index contributed by atoms with van der Waals surface area (Å²) in [4.78, 5) is 0. The molecule has 0 amide bonds. The van der Waals surface area contributed by atoms with Crippen molar-refractivity contribution in [3.05, 3.63) is 6.20 Å². The Kier molecular flexibility index (Phi) is 2.55. The Labute approximate surface area is 107 Å². The molecule has 98 valence electrons. The van der Waals surface area contributed by atoms with Gasteiger partial charge in [0.2, 0.25) is 0 Å². The van der Waals surface area contributed by atoms with Gasteiger partial charge in [0.1, 0.15) is 11.6 Å². The molecule has 0 spiro atoms. The van der Waals surface area contributed by atoms with Crippen molar-refractivity contribution in [1.29, 1.82) is 0 Å². The highest BCUT2D eigenvalue weighted by Gasteiger charge is 2.52. The highest BCUT2D eigenvalue weighted by atomic mass is 16.7. The van der Waals surface area contributed by atoms with Gasteiger partial charge in [0.25, 0.3) is 0 Å². The van der Waals surface area contributed by atoms with Crippen LogP contribution in [0.4, 0.5) is 0 Å². The van der Waals surface area contributed by atoms with Gasteiger partial charge in [-0.15, -0.1) is 5.10 Å². The normalized spacial score (nSPS) is 26.3. The van der Waals surface area contributed by atoms with E-state index in [1.165, 1.54) is 0 Å². The van der Waals surface area contributed by atoms with Crippen LogP contribution in [0.3, 0.4) is 0 Å². The molecule has 1 aromatic rings. The predicted molar refractivity (Wildman–Crippen MR) is 65.6 cm³/mol. The van der Waals surface area contributed by atoms with E-state index in [-0.39, 0.29) is 11.2 Å². The van der Waals surface area contributed by atoms with E-state index in [0.29, 0.717) is 19.3 Å². The Morgan fingerprint density at radius 2 is 1.83 bits per heavy atom. The van der Waals surface area contributed by atoms with Crippen LogP contribution < -0.4 is 5.59 Å². The topological polar surface area (TPSA) is 58.4 Å². The molecule has 0 unspecified atom stereocenters. The fourth-order valence-corrected chi connectivity index (χ4v) is 1.92.